The lowest BCUT2D eigenvalue weighted by molar-refractivity contribution is -0.177. The molecule has 9 heteroatoms. The SMILES string of the molecule is O=C(CN1CCOCC1)OC1C2CC3C1OC(=O)C3C2C(=O)OCOC1CC2CCC1C2. The van der Waals surface area contributed by atoms with Gasteiger partial charge < -0.3 is 23.7 Å². The first-order chi connectivity index (χ1) is 15.6. The molecule has 6 fully saturated rings. The first-order valence-electron chi connectivity index (χ1n) is 12.1. The molecule has 9 unspecified atom stereocenters. The number of ether oxygens (including phenoxy) is 5. The van der Waals surface area contributed by atoms with E-state index in [9.17, 15) is 14.4 Å². The topological polar surface area (TPSA) is 101 Å². The minimum Gasteiger partial charge on any atom is -0.458 e. The van der Waals surface area contributed by atoms with Crippen LogP contribution >= 0.6 is 0 Å². The van der Waals surface area contributed by atoms with Crippen molar-refractivity contribution in [3.8, 4) is 0 Å². The van der Waals surface area contributed by atoms with E-state index in [0.717, 1.165) is 12.3 Å². The normalized spacial score (nSPS) is 44.1. The van der Waals surface area contributed by atoms with Crippen LogP contribution in [-0.4, -0.2) is 80.8 Å². The van der Waals surface area contributed by atoms with Crippen molar-refractivity contribution in [2.75, 3.05) is 39.6 Å². The predicted molar refractivity (Wildman–Crippen MR) is 107 cm³/mol. The van der Waals surface area contributed by atoms with E-state index < -0.39 is 30.0 Å². The van der Waals surface area contributed by atoms with Gasteiger partial charge in [-0.25, -0.2) is 0 Å². The van der Waals surface area contributed by atoms with Gasteiger partial charge >= 0.3 is 17.9 Å². The van der Waals surface area contributed by atoms with Gasteiger partial charge in [0.05, 0.1) is 37.7 Å². The number of morpholine rings is 1. The number of fused-ring (bicyclic) bond motifs is 3. The minimum atomic E-state index is -0.629. The summed E-state index contributed by atoms with van der Waals surface area (Å²) in [4.78, 5) is 40.0. The Balaban J connectivity index is 1.06. The van der Waals surface area contributed by atoms with Gasteiger partial charge in [0.15, 0.2) is 6.79 Å². The molecular formula is C23H31NO8. The molecule has 6 rings (SSSR count). The van der Waals surface area contributed by atoms with Crippen molar-refractivity contribution in [3.05, 3.63) is 0 Å². The molecule has 32 heavy (non-hydrogen) atoms. The summed E-state index contributed by atoms with van der Waals surface area (Å²) in [6, 6.07) is 0. The van der Waals surface area contributed by atoms with Crippen molar-refractivity contribution in [2.24, 2.45) is 35.5 Å². The monoisotopic (exact) mass is 449 g/mol. The fraction of sp³-hybridized carbons (Fsp3) is 0.870. The summed E-state index contributed by atoms with van der Waals surface area (Å²) in [5.74, 6) is -1.27. The molecule has 0 aromatic heterocycles. The second-order valence-corrected chi connectivity index (χ2v) is 10.3. The van der Waals surface area contributed by atoms with Crippen LogP contribution in [0.1, 0.15) is 32.1 Å². The van der Waals surface area contributed by atoms with Gasteiger partial charge in [-0.2, -0.15) is 0 Å². The number of hydrogen-bond donors (Lipinski definition) is 0. The zero-order chi connectivity index (χ0) is 21.8. The van der Waals surface area contributed by atoms with E-state index in [-0.39, 0.29) is 43.2 Å². The summed E-state index contributed by atoms with van der Waals surface area (Å²) in [5.41, 5.74) is 0. The van der Waals surface area contributed by atoms with E-state index in [1.165, 1.54) is 19.3 Å². The van der Waals surface area contributed by atoms with Gasteiger partial charge in [-0.1, -0.05) is 0 Å². The minimum absolute atomic E-state index is 0.0761. The Kier molecular flexibility index (Phi) is 5.38. The van der Waals surface area contributed by atoms with E-state index in [1.807, 2.05) is 4.90 Å². The maximum Gasteiger partial charge on any atom is 0.320 e. The second-order valence-electron chi connectivity index (χ2n) is 10.3. The Morgan fingerprint density at radius 1 is 1.06 bits per heavy atom. The standard InChI is InChI=1S/C23H31NO8/c25-17(10-24-3-5-28-6-4-24)31-20-14-9-15-19(23(27)32-21(15)20)18(14)22(26)30-11-29-16-8-12-1-2-13(16)7-12/h12-16,18-21H,1-11H2. The van der Waals surface area contributed by atoms with Crippen molar-refractivity contribution in [3.63, 3.8) is 0 Å². The summed E-state index contributed by atoms with van der Waals surface area (Å²) in [6.07, 6.45) is 4.54. The molecular weight excluding hydrogens is 418 g/mol. The van der Waals surface area contributed by atoms with Crippen LogP contribution in [0.5, 0.6) is 0 Å². The number of rotatable bonds is 7. The van der Waals surface area contributed by atoms with Crippen LogP contribution in [-0.2, 0) is 38.1 Å². The highest BCUT2D eigenvalue weighted by Crippen LogP contribution is 2.59. The molecule has 0 amide bonds. The van der Waals surface area contributed by atoms with Crippen molar-refractivity contribution in [1.82, 2.24) is 4.90 Å². The quantitative estimate of drug-likeness (QED) is 0.316. The predicted octanol–water partition coefficient (Wildman–Crippen LogP) is 0.744. The molecule has 0 aromatic rings. The van der Waals surface area contributed by atoms with Gasteiger partial charge in [-0.3, -0.25) is 19.3 Å². The Labute approximate surface area is 187 Å². The smallest absolute Gasteiger partial charge is 0.320 e. The van der Waals surface area contributed by atoms with E-state index >= 15 is 0 Å². The highest BCUT2D eigenvalue weighted by atomic mass is 16.7. The zero-order valence-corrected chi connectivity index (χ0v) is 18.2. The number of hydrogen-bond acceptors (Lipinski definition) is 9. The molecule has 4 bridgehead atoms. The molecule has 4 aliphatic carbocycles. The lowest BCUT2D eigenvalue weighted by atomic mass is 9.78. The summed E-state index contributed by atoms with van der Waals surface area (Å²) in [6.45, 7) is 2.66. The summed E-state index contributed by atoms with van der Waals surface area (Å²) in [5, 5.41) is 0. The Morgan fingerprint density at radius 3 is 2.66 bits per heavy atom. The van der Waals surface area contributed by atoms with Crippen LogP contribution in [0, 0.1) is 35.5 Å². The molecule has 6 aliphatic rings. The first kappa shape index (κ1) is 20.9. The number of carbonyl (C=O) groups excluding carboxylic acids is 3. The highest BCUT2D eigenvalue weighted by molar-refractivity contribution is 5.86. The second kappa shape index (κ2) is 8.25. The molecule has 0 aromatic carbocycles. The Bertz CT molecular complexity index is 782. The fourth-order valence-electron chi connectivity index (χ4n) is 7.27. The molecule has 4 saturated carbocycles. The van der Waals surface area contributed by atoms with Crippen molar-refractivity contribution >= 4 is 17.9 Å². The van der Waals surface area contributed by atoms with E-state index in [1.54, 1.807) is 0 Å². The molecule has 0 radical (unpaired) electrons. The molecule has 2 heterocycles. The summed E-state index contributed by atoms with van der Waals surface area (Å²) >= 11 is 0. The van der Waals surface area contributed by atoms with Gasteiger partial charge in [0.25, 0.3) is 0 Å². The van der Waals surface area contributed by atoms with Gasteiger partial charge in [-0.05, 0) is 43.9 Å². The molecule has 2 aliphatic heterocycles. The maximum atomic E-state index is 13.0. The third kappa shape index (κ3) is 3.53. The summed E-state index contributed by atoms with van der Waals surface area (Å²) in [7, 11) is 0. The van der Waals surface area contributed by atoms with Gasteiger partial charge in [0, 0.05) is 24.9 Å². The van der Waals surface area contributed by atoms with Crippen LogP contribution in [0.3, 0.4) is 0 Å². The molecule has 9 atom stereocenters. The number of esters is 3. The van der Waals surface area contributed by atoms with Crippen LogP contribution in [0.15, 0.2) is 0 Å². The molecule has 2 saturated heterocycles. The average Bonchev–Trinajstić information content (AvgIpc) is 3.57. The van der Waals surface area contributed by atoms with Crippen molar-refractivity contribution in [1.29, 1.82) is 0 Å². The number of nitrogens with zero attached hydrogens (tertiary/aromatic N) is 1. The number of carbonyl (C=O) groups is 3. The Hall–Kier alpha value is -1.71. The van der Waals surface area contributed by atoms with Gasteiger partial charge in [0.1, 0.15) is 12.2 Å². The van der Waals surface area contributed by atoms with Gasteiger partial charge in [0.2, 0.25) is 0 Å². The maximum absolute atomic E-state index is 13.0. The van der Waals surface area contributed by atoms with Crippen LogP contribution in [0.2, 0.25) is 0 Å². The van der Waals surface area contributed by atoms with Crippen molar-refractivity contribution < 1.29 is 38.1 Å². The van der Waals surface area contributed by atoms with Crippen LogP contribution < -0.4 is 0 Å². The molecule has 0 N–H and O–H groups in total. The largest absolute Gasteiger partial charge is 0.458 e. The zero-order valence-electron chi connectivity index (χ0n) is 18.2. The highest BCUT2D eigenvalue weighted by Gasteiger charge is 2.70. The van der Waals surface area contributed by atoms with E-state index in [0.29, 0.717) is 38.6 Å². The third-order valence-corrected chi connectivity index (χ3v) is 8.70. The third-order valence-electron chi connectivity index (χ3n) is 8.70. The molecule has 176 valence electrons. The van der Waals surface area contributed by atoms with Crippen molar-refractivity contribution in [2.45, 2.75) is 50.4 Å². The van der Waals surface area contributed by atoms with E-state index in [4.69, 9.17) is 23.7 Å². The first-order valence-corrected chi connectivity index (χ1v) is 12.1. The lowest BCUT2D eigenvalue weighted by Crippen LogP contribution is -2.46. The Morgan fingerprint density at radius 2 is 1.91 bits per heavy atom. The molecule has 9 nitrogen and oxygen atoms in total. The lowest BCUT2D eigenvalue weighted by Gasteiger charge is -2.31. The molecule has 0 spiro atoms. The van der Waals surface area contributed by atoms with Crippen LogP contribution in [0.4, 0.5) is 0 Å². The average molecular weight is 450 g/mol. The fourth-order valence-corrected chi connectivity index (χ4v) is 7.27. The van der Waals surface area contributed by atoms with Crippen LogP contribution in [0.25, 0.3) is 0 Å². The van der Waals surface area contributed by atoms with E-state index in [2.05, 4.69) is 0 Å². The van der Waals surface area contributed by atoms with Gasteiger partial charge in [-0.15, -0.1) is 0 Å². The summed E-state index contributed by atoms with van der Waals surface area (Å²) < 4.78 is 28.0.